The molecule has 0 bridgehead atoms. The van der Waals surface area contributed by atoms with Gasteiger partial charge in [0.25, 0.3) is 0 Å². The molecule has 21 heavy (non-hydrogen) atoms. The second-order valence-corrected chi connectivity index (χ2v) is 5.20. The van der Waals surface area contributed by atoms with Crippen LogP contribution in [0.1, 0.15) is 19.9 Å². The fourth-order valence-corrected chi connectivity index (χ4v) is 2.17. The first kappa shape index (κ1) is 13.7. The zero-order chi connectivity index (χ0) is 15.0. The van der Waals surface area contributed by atoms with E-state index in [1.165, 1.54) is 15.5 Å². The molecule has 0 aliphatic heterocycles. The number of halogens is 1. The van der Waals surface area contributed by atoms with Crippen LogP contribution in [-0.2, 0) is 0 Å². The minimum Gasteiger partial charge on any atom is -0.224 e. The highest BCUT2D eigenvalue weighted by molar-refractivity contribution is 7.80. The Morgan fingerprint density at radius 3 is 2.67 bits per heavy atom. The Balaban J connectivity index is 2.05. The highest BCUT2D eigenvalue weighted by Crippen LogP contribution is 2.26. The number of hydrogen-bond acceptors (Lipinski definition) is 5. The fraction of sp³-hybridized carbons (Fsp3) is 0.231. The first-order chi connectivity index (χ1) is 10.1. The number of benzene rings is 1. The second kappa shape index (κ2) is 5.28. The minimum atomic E-state index is -0.374. The van der Waals surface area contributed by atoms with Crippen LogP contribution in [0, 0.1) is 5.82 Å². The first-order valence-electron chi connectivity index (χ1n) is 6.39. The number of tetrazole rings is 1. The molecule has 0 saturated carbocycles. The Morgan fingerprint density at radius 2 is 2.00 bits per heavy atom. The van der Waals surface area contributed by atoms with Crippen molar-refractivity contribution in [1.82, 2.24) is 30.0 Å². The summed E-state index contributed by atoms with van der Waals surface area (Å²) in [4.78, 5) is 1.50. The molecule has 0 aliphatic carbocycles. The van der Waals surface area contributed by atoms with Crippen molar-refractivity contribution in [3.05, 3.63) is 36.3 Å². The van der Waals surface area contributed by atoms with Gasteiger partial charge < -0.3 is 0 Å². The van der Waals surface area contributed by atoms with Gasteiger partial charge in [0.2, 0.25) is 5.82 Å². The van der Waals surface area contributed by atoms with Crippen LogP contribution in [0.5, 0.6) is 0 Å². The minimum absolute atomic E-state index is 0.108. The van der Waals surface area contributed by atoms with Crippen LogP contribution >= 0.6 is 12.6 Å². The average molecular weight is 304 g/mol. The van der Waals surface area contributed by atoms with Crippen molar-refractivity contribution < 1.29 is 4.39 Å². The quantitative estimate of drug-likeness (QED) is 0.755. The normalized spacial score (nSPS) is 11.3. The topological polar surface area (TPSA) is 61.4 Å². The Bertz CT molecular complexity index is 779. The van der Waals surface area contributed by atoms with E-state index < -0.39 is 0 Å². The van der Waals surface area contributed by atoms with Crippen molar-refractivity contribution in [3.8, 4) is 17.1 Å². The molecule has 0 aliphatic rings. The molecule has 0 saturated heterocycles. The van der Waals surface area contributed by atoms with E-state index in [4.69, 9.17) is 0 Å². The smallest absolute Gasteiger partial charge is 0.209 e. The standard InChI is InChI=1S/C13H13FN6S/c1-8(2)20-17-12(16-18-20)9-7-15-19(13(9)21)11-6-4-3-5-10(11)14/h3-8,21H,1-2H3. The van der Waals surface area contributed by atoms with Gasteiger partial charge in [-0.1, -0.05) is 12.1 Å². The number of rotatable bonds is 3. The summed E-state index contributed by atoms with van der Waals surface area (Å²) in [5.41, 5.74) is 0.929. The van der Waals surface area contributed by atoms with Crippen LogP contribution in [0.25, 0.3) is 17.1 Å². The number of hydrogen-bond donors (Lipinski definition) is 1. The SMILES string of the molecule is CC(C)n1nnc(-c2cnn(-c3ccccc3F)c2S)n1. The summed E-state index contributed by atoms with van der Waals surface area (Å²) >= 11 is 4.41. The van der Waals surface area contributed by atoms with Gasteiger partial charge >= 0.3 is 0 Å². The van der Waals surface area contributed by atoms with Gasteiger partial charge in [0.15, 0.2) is 0 Å². The lowest BCUT2D eigenvalue weighted by Gasteiger charge is -2.04. The van der Waals surface area contributed by atoms with Crippen molar-refractivity contribution in [2.45, 2.75) is 24.9 Å². The molecule has 2 heterocycles. The molecule has 0 amide bonds. The monoisotopic (exact) mass is 304 g/mol. The van der Waals surface area contributed by atoms with Gasteiger partial charge in [-0.15, -0.1) is 22.8 Å². The first-order valence-corrected chi connectivity index (χ1v) is 6.84. The number of nitrogens with zero attached hydrogens (tertiary/aromatic N) is 6. The van der Waals surface area contributed by atoms with Gasteiger partial charge in [0.05, 0.1) is 17.8 Å². The second-order valence-electron chi connectivity index (χ2n) is 4.77. The molecule has 0 fully saturated rings. The molecule has 6 nitrogen and oxygen atoms in total. The molecule has 3 rings (SSSR count). The zero-order valence-corrected chi connectivity index (χ0v) is 12.4. The fourth-order valence-electron chi connectivity index (χ4n) is 1.85. The molecule has 0 N–H and O–H groups in total. The Kier molecular flexibility index (Phi) is 3.46. The van der Waals surface area contributed by atoms with Crippen molar-refractivity contribution in [2.75, 3.05) is 0 Å². The van der Waals surface area contributed by atoms with Gasteiger partial charge in [0, 0.05) is 0 Å². The molecule has 1 aromatic carbocycles. The van der Waals surface area contributed by atoms with Crippen LogP contribution in [-0.4, -0.2) is 30.0 Å². The zero-order valence-electron chi connectivity index (χ0n) is 11.5. The van der Waals surface area contributed by atoms with Gasteiger partial charge in [-0.05, 0) is 31.2 Å². The summed E-state index contributed by atoms with van der Waals surface area (Å²) < 4.78 is 15.2. The number of aromatic nitrogens is 6. The number of thiol groups is 1. The molecule has 0 radical (unpaired) electrons. The van der Waals surface area contributed by atoms with Gasteiger partial charge in [-0.25, -0.2) is 9.07 Å². The molecular weight excluding hydrogens is 291 g/mol. The third-order valence-electron chi connectivity index (χ3n) is 2.96. The maximum Gasteiger partial charge on any atom is 0.209 e. The van der Waals surface area contributed by atoms with E-state index >= 15 is 0 Å². The third kappa shape index (κ3) is 2.42. The van der Waals surface area contributed by atoms with Crippen LogP contribution in [0.2, 0.25) is 0 Å². The van der Waals surface area contributed by atoms with E-state index in [-0.39, 0.29) is 11.9 Å². The van der Waals surface area contributed by atoms with E-state index in [9.17, 15) is 4.39 Å². The summed E-state index contributed by atoms with van der Waals surface area (Å²) in [5.74, 6) is 0.0394. The Hall–Kier alpha value is -2.22. The molecule has 0 atom stereocenters. The van der Waals surface area contributed by atoms with E-state index in [1.807, 2.05) is 13.8 Å². The van der Waals surface area contributed by atoms with Crippen LogP contribution in [0.4, 0.5) is 4.39 Å². The third-order valence-corrected chi connectivity index (χ3v) is 3.39. The molecule has 3 aromatic rings. The molecular formula is C13H13FN6S. The Morgan fingerprint density at radius 1 is 1.24 bits per heavy atom. The van der Waals surface area contributed by atoms with E-state index in [1.54, 1.807) is 24.4 Å². The highest BCUT2D eigenvalue weighted by Gasteiger charge is 2.17. The molecule has 0 unspecified atom stereocenters. The maximum atomic E-state index is 13.8. The largest absolute Gasteiger partial charge is 0.224 e. The summed E-state index contributed by atoms with van der Waals surface area (Å²) in [6, 6.07) is 6.47. The lowest BCUT2D eigenvalue weighted by molar-refractivity contribution is 0.455. The van der Waals surface area contributed by atoms with Crippen molar-refractivity contribution in [3.63, 3.8) is 0 Å². The van der Waals surface area contributed by atoms with E-state index in [2.05, 4.69) is 33.1 Å². The summed E-state index contributed by atoms with van der Waals surface area (Å²) in [6.07, 6.45) is 1.55. The molecule has 0 spiro atoms. The summed E-state index contributed by atoms with van der Waals surface area (Å²) in [7, 11) is 0. The van der Waals surface area contributed by atoms with E-state index in [0.29, 0.717) is 22.1 Å². The lowest BCUT2D eigenvalue weighted by Crippen LogP contribution is -2.04. The number of para-hydroxylation sites is 1. The molecule has 2 aromatic heterocycles. The predicted octanol–water partition coefficient (Wildman–Crippen LogP) is 2.53. The molecule has 108 valence electrons. The van der Waals surface area contributed by atoms with Gasteiger partial charge in [-0.3, -0.25) is 0 Å². The van der Waals surface area contributed by atoms with Crippen LogP contribution < -0.4 is 0 Å². The summed E-state index contributed by atoms with van der Waals surface area (Å²) in [5, 5.41) is 16.8. The predicted molar refractivity (Wildman–Crippen MR) is 78.0 cm³/mol. The Labute approximate surface area is 126 Å². The van der Waals surface area contributed by atoms with Crippen molar-refractivity contribution >= 4 is 12.6 Å². The van der Waals surface area contributed by atoms with Gasteiger partial charge in [0.1, 0.15) is 16.5 Å². The summed E-state index contributed by atoms with van der Waals surface area (Å²) in [6.45, 7) is 3.91. The lowest BCUT2D eigenvalue weighted by atomic mass is 10.3. The van der Waals surface area contributed by atoms with Crippen LogP contribution in [0.3, 0.4) is 0 Å². The van der Waals surface area contributed by atoms with Crippen molar-refractivity contribution in [1.29, 1.82) is 0 Å². The van der Waals surface area contributed by atoms with E-state index in [0.717, 1.165) is 0 Å². The van der Waals surface area contributed by atoms with Crippen molar-refractivity contribution in [2.24, 2.45) is 0 Å². The van der Waals surface area contributed by atoms with Crippen LogP contribution in [0.15, 0.2) is 35.5 Å². The highest BCUT2D eigenvalue weighted by atomic mass is 32.1. The maximum absolute atomic E-state index is 13.8. The van der Waals surface area contributed by atoms with Gasteiger partial charge in [-0.2, -0.15) is 9.90 Å². The molecule has 8 heteroatoms. The average Bonchev–Trinajstić information content (AvgIpc) is 3.06.